The van der Waals surface area contributed by atoms with Crippen LogP contribution in [0.3, 0.4) is 0 Å². The Bertz CT molecular complexity index is 551. The van der Waals surface area contributed by atoms with Crippen LogP contribution in [0.1, 0.15) is 37.4 Å². The van der Waals surface area contributed by atoms with Gasteiger partial charge in [-0.25, -0.2) is 4.98 Å². The molecule has 1 atom stereocenters. The quantitative estimate of drug-likeness (QED) is 0.889. The molecule has 2 aromatic heterocycles. The summed E-state index contributed by atoms with van der Waals surface area (Å²) < 4.78 is 0. The molecule has 0 saturated carbocycles. The lowest BCUT2D eigenvalue weighted by molar-refractivity contribution is -0.116. The molecule has 0 bridgehead atoms. The molecule has 2 aromatic rings. The average molecular weight is 309 g/mol. The van der Waals surface area contributed by atoms with Crippen LogP contribution >= 0.6 is 22.7 Å². The molecule has 0 fully saturated rings. The fourth-order valence-corrected chi connectivity index (χ4v) is 3.58. The molecule has 0 spiro atoms. The molecule has 4 nitrogen and oxygen atoms in total. The lowest BCUT2D eigenvalue weighted by Crippen LogP contribution is -2.27. The third-order valence-corrected chi connectivity index (χ3v) is 4.99. The van der Waals surface area contributed by atoms with Gasteiger partial charge in [-0.05, 0) is 25.3 Å². The van der Waals surface area contributed by atoms with Crippen molar-refractivity contribution in [1.82, 2.24) is 10.3 Å². The second kappa shape index (κ2) is 6.97. The molecular weight excluding hydrogens is 290 g/mol. The number of thiophene rings is 1. The maximum Gasteiger partial charge on any atom is 0.225 e. The van der Waals surface area contributed by atoms with E-state index in [4.69, 9.17) is 0 Å². The van der Waals surface area contributed by atoms with E-state index in [9.17, 15) is 4.79 Å². The monoisotopic (exact) mass is 309 g/mol. The molecular formula is C14H19N3OS2. The zero-order valence-electron chi connectivity index (χ0n) is 11.9. The molecule has 0 aromatic carbocycles. The predicted molar refractivity (Wildman–Crippen MR) is 85.4 cm³/mol. The molecule has 0 aliphatic carbocycles. The van der Waals surface area contributed by atoms with Gasteiger partial charge in [-0.3, -0.25) is 9.69 Å². The van der Waals surface area contributed by atoms with Gasteiger partial charge in [-0.15, -0.1) is 22.7 Å². The number of nitrogens with one attached hydrogen (secondary N) is 1. The Morgan fingerprint density at radius 1 is 1.50 bits per heavy atom. The SMILES string of the molecule is CCN(C(C)=O)c1nc(CNC(C)c2cccs2)cs1. The summed E-state index contributed by atoms with van der Waals surface area (Å²) in [5, 5.41) is 8.32. The molecule has 2 heterocycles. The number of hydrogen-bond acceptors (Lipinski definition) is 5. The van der Waals surface area contributed by atoms with E-state index in [0.29, 0.717) is 19.1 Å². The summed E-state index contributed by atoms with van der Waals surface area (Å²) in [4.78, 5) is 19.0. The fourth-order valence-electron chi connectivity index (χ4n) is 1.89. The van der Waals surface area contributed by atoms with Crippen molar-refractivity contribution >= 4 is 33.7 Å². The van der Waals surface area contributed by atoms with E-state index >= 15 is 0 Å². The van der Waals surface area contributed by atoms with Gasteiger partial charge in [-0.2, -0.15) is 0 Å². The summed E-state index contributed by atoms with van der Waals surface area (Å²) in [5.41, 5.74) is 0.980. The van der Waals surface area contributed by atoms with Gasteiger partial charge in [0.05, 0.1) is 5.69 Å². The average Bonchev–Trinajstić information content (AvgIpc) is 3.08. The molecule has 6 heteroatoms. The number of carbonyl (C=O) groups excluding carboxylic acids is 1. The number of nitrogens with zero attached hydrogens (tertiary/aromatic N) is 2. The van der Waals surface area contributed by atoms with E-state index in [1.54, 1.807) is 23.2 Å². The van der Waals surface area contributed by atoms with Gasteiger partial charge in [0.15, 0.2) is 5.13 Å². The highest BCUT2D eigenvalue weighted by atomic mass is 32.1. The first-order valence-electron chi connectivity index (χ1n) is 6.61. The molecule has 108 valence electrons. The minimum absolute atomic E-state index is 0.0355. The van der Waals surface area contributed by atoms with E-state index in [1.165, 1.54) is 16.2 Å². The summed E-state index contributed by atoms with van der Waals surface area (Å²) in [5.74, 6) is 0.0355. The van der Waals surface area contributed by atoms with Crippen LogP contribution in [0.5, 0.6) is 0 Å². The largest absolute Gasteiger partial charge is 0.304 e. The highest BCUT2D eigenvalue weighted by Crippen LogP contribution is 2.22. The molecule has 2 rings (SSSR count). The van der Waals surface area contributed by atoms with Crippen LogP contribution < -0.4 is 10.2 Å². The highest BCUT2D eigenvalue weighted by Gasteiger charge is 2.14. The Balaban J connectivity index is 1.94. The zero-order chi connectivity index (χ0) is 14.5. The summed E-state index contributed by atoms with van der Waals surface area (Å²) in [7, 11) is 0. The van der Waals surface area contributed by atoms with Crippen molar-refractivity contribution in [3.63, 3.8) is 0 Å². The van der Waals surface area contributed by atoms with Crippen LogP contribution in [-0.2, 0) is 11.3 Å². The number of carbonyl (C=O) groups is 1. The van der Waals surface area contributed by atoms with Gasteiger partial charge in [0.25, 0.3) is 0 Å². The molecule has 0 saturated heterocycles. The lowest BCUT2D eigenvalue weighted by Gasteiger charge is -2.14. The van der Waals surface area contributed by atoms with Crippen molar-refractivity contribution in [1.29, 1.82) is 0 Å². The molecule has 1 N–H and O–H groups in total. The van der Waals surface area contributed by atoms with Gasteiger partial charge < -0.3 is 5.32 Å². The minimum atomic E-state index is 0.0355. The third kappa shape index (κ3) is 3.65. The standard InChI is InChI=1S/C14H19N3OS2/c1-4-17(11(3)18)14-16-12(9-20-14)8-15-10(2)13-6-5-7-19-13/h5-7,9-10,15H,4,8H2,1-3H3. The van der Waals surface area contributed by atoms with Gasteiger partial charge in [0.1, 0.15) is 0 Å². The molecule has 20 heavy (non-hydrogen) atoms. The number of amides is 1. The van der Waals surface area contributed by atoms with E-state index in [-0.39, 0.29) is 5.91 Å². The molecule has 0 aliphatic rings. The van der Waals surface area contributed by atoms with Gasteiger partial charge in [0, 0.05) is 36.3 Å². The highest BCUT2D eigenvalue weighted by molar-refractivity contribution is 7.14. The maximum atomic E-state index is 11.5. The van der Waals surface area contributed by atoms with Crippen LogP contribution in [0.2, 0.25) is 0 Å². The van der Waals surface area contributed by atoms with Crippen molar-refractivity contribution in [2.45, 2.75) is 33.4 Å². The number of anilines is 1. The van der Waals surface area contributed by atoms with Crippen LogP contribution in [0.25, 0.3) is 0 Å². The Morgan fingerprint density at radius 3 is 2.90 bits per heavy atom. The van der Waals surface area contributed by atoms with Crippen molar-refractivity contribution in [2.75, 3.05) is 11.4 Å². The maximum absolute atomic E-state index is 11.5. The van der Waals surface area contributed by atoms with E-state index in [2.05, 4.69) is 34.7 Å². The second-order valence-corrected chi connectivity index (χ2v) is 6.32. The van der Waals surface area contributed by atoms with Crippen LogP contribution in [0.15, 0.2) is 22.9 Å². The summed E-state index contributed by atoms with van der Waals surface area (Å²) >= 11 is 3.27. The number of rotatable bonds is 6. The Labute approximate surface area is 127 Å². The van der Waals surface area contributed by atoms with Crippen molar-refractivity contribution < 1.29 is 4.79 Å². The van der Waals surface area contributed by atoms with Crippen LogP contribution in [0, 0.1) is 0 Å². The van der Waals surface area contributed by atoms with E-state index in [1.807, 2.05) is 12.3 Å². The number of hydrogen-bond donors (Lipinski definition) is 1. The van der Waals surface area contributed by atoms with Crippen molar-refractivity contribution in [3.8, 4) is 0 Å². The minimum Gasteiger partial charge on any atom is -0.304 e. The summed E-state index contributed by atoms with van der Waals surface area (Å²) in [6.45, 7) is 7.04. The second-order valence-electron chi connectivity index (χ2n) is 4.50. The van der Waals surface area contributed by atoms with Crippen molar-refractivity contribution in [2.24, 2.45) is 0 Å². The first-order chi connectivity index (χ1) is 9.61. The van der Waals surface area contributed by atoms with Crippen LogP contribution in [-0.4, -0.2) is 17.4 Å². The smallest absolute Gasteiger partial charge is 0.225 e. The third-order valence-electron chi connectivity index (χ3n) is 3.03. The number of aromatic nitrogens is 1. The summed E-state index contributed by atoms with van der Waals surface area (Å²) in [6, 6.07) is 4.50. The Morgan fingerprint density at radius 2 is 2.30 bits per heavy atom. The first-order valence-corrected chi connectivity index (χ1v) is 8.37. The molecule has 0 aliphatic heterocycles. The van der Waals surface area contributed by atoms with E-state index in [0.717, 1.165) is 10.8 Å². The number of thiazole rings is 1. The topological polar surface area (TPSA) is 45.2 Å². The zero-order valence-corrected chi connectivity index (χ0v) is 13.6. The van der Waals surface area contributed by atoms with Crippen LogP contribution in [0.4, 0.5) is 5.13 Å². The van der Waals surface area contributed by atoms with Gasteiger partial charge in [0.2, 0.25) is 5.91 Å². The molecule has 1 unspecified atom stereocenters. The van der Waals surface area contributed by atoms with Gasteiger partial charge in [-0.1, -0.05) is 6.07 Å². The Kier molecular flexibility index (Phi) is 5.28. The lowest BCUT2D eigenvalue weighted by atomic mass is 10.2. The normalized spacial score (nSPS) is 12.3. The summed E-state index contributed by atoms with van der Waals surface area (Å²) in [6.07, 6.45) is 0. The van der Waals surface area contributed by atoms with E-state index < -0.39 is 0 Å². The predicted octanol–water partition coefficient (Wildman–Crippen LogP) is 3.43. The first kappa shape index (κ1) is 15.2. The van der Waals surface area contributed by atoms with Gasteiger partial charge >= 0.3 is 0 Å². The Hall–Kier alpha value is -1.24. The molecule has 0 radical (unpaired) electrons. The molecule has 1 amide bonds. The van der Waals surface area contributed by atoms with Crippen molar-refractivity contribution in [3.05, 3.63) is 33.5 Å². The fraction of sp³-hybridized carbons (Fsp3) is 0.429.